The van der Waals surface area contributed by atoms with Gasteiger partial charge < -0.3 is 16.8 Å². The minimum Gasteiger partial charge on any atom is -0.402 e. The molecule has 2 rings (SSSR count). The van der Waals surface area contributed by atoms with Gasteiger partial charge in [-0.3, -0.25) is 0 Å². The molecule has 0 radical (unpaired) electrons. The van der Waals surface area contributed by atoms with Gasteiger partial charge in [-0.05, 0) is 97.3 Å². The number of fused-ring (bicyclic) bond motifs is 2. The van der Waals surface area contributed by atoms with Crippen LogP contribution in [0.25, 0.3) is 13.2 Å². The van der Waals surface area contributed by atoms with Crippen LogP contribution in [0.4, 0.5) is 11.4 Å². The maximum absolute atomic E-state index is 6.48. The molecule has 216 valence electrons. The van der Waals surface area contributed by atoms with E-state index in [9.17, 15) is 0 Å². The number of benzene rings is 1. The highest BCUT2D eigenvalue weighted by Gasteiger charge is 2.21. The summed E-state index contributed by atoms with van der Waals surface area (Å²) in [6, 6.07) is 1.99. The second kappa shape index (κ2) is 16.9. The number of rotatable bonds is 4. The predicted octanol–water partition coefficient (Wildman–Crippen LogP) is 8.38. The zero-order valence-corrected chi connectivity index (χ0v) is 26.1. The fraction of sp³-hybridized carbons (Fsp3) is 0.500. The number of nitrogen functional groups attached to an aromatic ring is 1. The largest absolute Gasteiger partial charge is 0.402 e. The van der Waals surface area contributed by atoms with Gasteiger partial charge in [0.1, 0.15) is 0 Å². The number of allylic oxidation sites excluding steroid dienone is 7. The Bertz CT molecular complexity index is 1150. The quantitative estimate of drug-likeness (QED) is 0.270. The summed E-state index contributed by atoms with van der Waals surface area (Å²) < 4.78 is 0. The SMILES string of the molecule is C=C(N)CC1/C(C)=C/C(C)CC(CC)CCCc2c(N)c(=C)cc(c2=C)NC(=C)/C(C)=C/C=C\C1CC.CC. The number of hydrogen-bond acceptors (Lipinski definition) is 3. The highest BCUT2D eigenvalue weighted by molar-refractivity contribution is 5.63. The zero-order chi connectivity index (χ0) is 29.7. The van der Waals surface area contributed by atoms with E-state index in [1.165, 1.54) is 24.8 Å². The van der Waals surface area contributed by atoms with Crippen LogP contribution in [0, 0.1) is 23.7 Å². The number of anilines is 2. The van der Waals surface area contributed by atoms with Crippen molar-refractivity contribution in [1.82, 2.24) is 0 Å². The molecule has 2 bridgehead atoms. The zero-order valence-electron chi connectivity index (χ0n) is 26.1. The maximum Gasteiger partial charge on any atom is 0.0461 e. The van der Waals surface area contributed by atoms with Crippen LogP contribution < -0.4 is 27.2 Å². The van der Waals surface area contributed by atoms with E-state index in [1.54, 1.807) is 0 Å². The Morgan fingerprint density at radius 2 is 1.77 bits per heavy atom. The van der Waals surface area contributed by atoms with Crippen molar-refractivity contribution >= 4 is 24.5 Å². The van der Waals surface area contributed by atoms with Crippen LogP contribution in [0.2, 0.25) is 0 Å². The van der Waals surface area contributed by atoms with E-state index < -0.39 is 0 Å². The van der Waals surface area contributed by atoms with Crippen molar-refractivity contribution in [2.75, 3.05) is 11.1 Å². The Kier molecular flexibility index (Phi) is 14.8. The summed E-state index contributed by atoms with van der Waals surface area (Å²) in [4.78, 5) is 0. The molecule has 0 spiro atoms. The van der Waals surface area contributed by atoms with E-state index in [4.69, 9.17) is 11.5 Å². The van der Waals surface area contributed by atoms with Gasteiger partial charge in [-0.25, -0.2) is 0 Å². The Morgan fingerprint density at radius 1 is 1.10 bits per heavy atom. The molecule has 39 heavy (non-hydrogen) atoms. The highest BCUT2D eigenvalue weighted by atomic mass is 14.9. The summed E-state index contributed by atoms with van der Waals surface area (Å²) in [7, 11) is 0. The number of nitrogens with two attached hydrogens (primary N) is 2. The molecule has 4 atom stereocenters. The molecular weight excluding hydrogens is 474 g/mol. The molecule has 0 saturated heterocycles. The third kappa shape index (κ3) is 10.3. The normalized spacial score (nSPS) is 26.6. The van der Waals surface area contributed by atoms with E-state index >= 15 is 0 Å². The first kappa shape index (κ1) is 34.1. The van der Waals surface area contributed by atoms with Gasteiger partial charge in [0.15, 0.2) is 0 Å². The summed E-state index contributed by atoms with van der Waals surface area (Å²) >= 11 is 0. The van der Waals surface area contributed by atoms with Gasteiger partial charge in [0.25, 0.3) is 0 Å². The molecule has 1 aromatic rings. The van der Waals surface area contributed by atoms with E-state index in [2.05, 4.69) is 90.6 Å². The molecule has 5 N–H and O–H groups in total. The van der Waals surface area contributed by atoms with Crippen LogP contribution in [-0.4, -0.2) is 0 Å². The minimum absolute atomic E-state index is 0.354. The fourth-order valence-corrected chi connectivity index (χ4v) is 5.67. The number of nitrogens with one attached hydrogen (secondary N) is 1. The van der Waals surface area contributed by atoms with E-state index in [0.29, 0.717) is 23.7 Å². The molecule has 1 aliphatic heterocycles. The van der Waals surface area contributed by atoms with Crippen molar-refractivity contribution in [2.24, 2.45) is 29.4 Å². The average Bonchev–Trinajstić information content (AvgIpc) is 2.90. The topological polar surface area (TPSA) is 64.1 Å². The van der Waals surface area contributed by atoms with Gasteiger partial charge in [0, 0.05) is 22.8 Å². The fourth-order valence-electron chi connectivity index (χ4n) is 5.67. The van der Waals surface area contributed by atoms with E-state index in [0.717, 1.165) is 70.0 Å². The van der Waals surface area contributed by atoms with Gasteiger partial charge in [-0.1, -0.05) is 104 Å². The molecule has 0 amide bonds. The molecule has 0 aliphatic carbocycles. The van der Waals surface area contributed by atoms with Crippen LogP contribution in [-0.2, 0) is 6.42 Å². The monoisotopic (exact) mass is 531 g/mol. The summed E-state index contributed by atoms with van der Waals surface area (Å²) in [5, 5.41) is 5.27. The van der Waals surface area contributed by atoms with Gasteiger partial charge >= 0.3 is 0 Å². The minimum atomic E-state index is 0.354. The lowest BCUT2D eigenvalue weighted by Crippen LogP contribution is -2.24. The highest BCUT2D eigenvalue weighted by Crippen LogP contribution is 2.32. The second-order valence-corrected chi connectivity index (χ2v) is 11.1. The lowest BCUT2D eigenvalue weighted by atomic mass is 9.79. The van der Waals surface area contributed by atoms with Crippen LogP contribution in [0.3, 0.4) is 0 Å². The third-order valence-corrected chi connectivity index (χ3v) is 8.07. The van der Waals surface area contributed by atoms with Crippen LogP contribution in [0.5, 0.6) is 0 Å². The Labute approximate surface area is 240 Å². The molecule has 3 heteroatoms. The Balaban J connectivity index is 0.00000371. The Morgan fingerprint density at radius 3 is 2.36 bits per heavy atom. The van der Waals surface area contributed by atoms with Crippen molar-refractivity contribution in [2.45, 2.75) is 93.4 Å². The summed E-state index contributed by atoms with van der Waals surface area (Å²) in [5.74, 6) is 1.93. The van der Waals surface area contributed by atoms with E-state index in [-0.39, 0.29) is 0 Å². The van der Waals surface area contributed by atoms with Crippen LogP contribution in [0.15, 0.2) is 66.1 Å². The molecule has 1 aliphatic rings. The predicted molar refractivity (Wildman–Crippen MR) is 178 cm³/mol. The first-order valence-electron chi connectivity index (χ1n) is 15.0. The third-order valence-electron chi connectivity index (χ3n) is 8.07. The summed E-state index contributed by atoms with van der Waals surface area (Å²) in [6.07, 6.45) is 16.5. The van der Waals surface area contributed by atoms with Gasteiger partial charge in [-0.15, -0.1) is 0 Å². The van der Waals surface area contributed by atoms with Gasteiger partial charge in [-0.2, -0.15) is 0 Å². The van der Waals surface area contributed by atoms with Crippen LogP contribution >= 0.6 is 0 Å². The number of hydrogen-bond donors (Lipinski definition) is 3. The molecule has 1 aromatic carbocycles. The molecule has 1 heterocycles. The summed E-state index contributed by atoms with van der Waals surface area (Å²) in [5.41, 5.74) is 19.5. The smallest absolute Gasteiger partial charge is 0.0461 e. The lowest BCUT2D eigenvalue weighted by molar-refractivity contribution is 0.379. The van der Waals surface area contributed by atoms with Crippen LogP contribution in [0.1, 0.15) is 92.6 Å². The Hall–Kier alpha value is -2.94. The average molecular weight is 532 g/mol. The van der Waals surface area contributed by atoms with Crippen molar-refractivity contribution in [3.8, 4) is 0 Å². The molecular formula is C36H57N3. The standard InChI is InChI=1S/C34H51N3.C2H6/c1-10-29-15-13-17-31-27(8)33(20-25(6)34(31)36)37-28(9)23(4)14-12-16-30(11-2)32(21-26(7)35)24(5)18-22(3)19-29;1-2/h12,14,16,18,20,22,29-30,32,37H,6-11,13,15,17,19,21,35-36H2,1-5H3;1-2H3/b16-12-,23-14+,24-18+;. The van der Waals surface area contributed by atoms with E-state index in [1.807, 2.05) is 19.9 Å². The first-order valence-corrected chi connectivity index (χ1v) is 15.0. The second-order valence-electron chi connectivity index (χ2n) is 11.1. The first-order chi connectivity index (χ1) is 18.5. The van der Waals surface area contributed by atoms with Gasteiger partial charge in [0.05, 0.1) is 0 Å². The molecule has 4 unspecified atom stereocenters. The summed E-state index contributed by atoms with van der Waals surface area (Å²) in [6.45, 7) is 32.2. The molecule has 0 aromatic heterocycles. The molecule has 0 saturated carbocycles. The van der Waals surface area contributed by atoms with Crippen molar-refractivity contribution in [3.05, 3.63) is 82.1 Å². The lowest BCUT2D eigenvalue weighted by Gasteiger charge is -2.26. The van der Waals surface area contributed by atoms with Crippen molar-refractivity contribution in [3.63, 3.8) is 0 Å². The maximum atomic E-state index is 6.48. The van der Waals surface area contributed by atoms with Crippen molar-refractivity contribution in [1.29, 1.82) is 0 Å². The van der Waals surface area contributed by atoms with Crippen molar-refractivity contribution < 1.29 is 0 Å². The molecule has 3 nitrogen and oxygen atoms in total. The van der Waals surface area contributed by atoms with Gasteiger partial charge in [0.2, 0.25) is 0 Å². The molecule has 0 fully saturated rings.